The van der Waals surface area contributed by atoms with E-state index in [-0.39, 0.29) is 36.8 Å². The van der Waals surface area contributed by atoms with Crippen LogP contribution in [-0.4, -0.2) is 72.5 Å². The number of rotatable bonds is 9. The van der Waals surface area contributed by atoms with Crippen molar-refractivity contribution in [3.8, 4) is 0 Å². The van der Waals surface area contributed by atoms with Gasteiger partial charge in [-0.1, -0.05) is 18.2 Å². The number of carbonyl (C=O) groups is 3. The minimum Gasteiger partial charge on any atom is -0.383 e. The number of nitrogens with zero attached hydrogens (tertiary/aromatic N) is 3. The van der Waals surface area contributed by atoms with Crippen LogP contribution in [0, 0.1) is 10.1 Å². The Kier molecular flexibility index (Phi) is 6.65. The summed E-state index contributed by atoms with van der Waals surface area (Å²) in [5.74, 6) is -0.769. The lowest BCUT2D eigenvalue weighted by Crippen LogP contribution is -2.47. The summed E-state index contributed by atoms with van der Waals surface area (Å²) in [7, 11) is 1.51. The molecule has 0 spiro atoms. The van der Waals surface area contributed by atoms with Crippen molar-refractivity contribution in [2.75, 3.05) is 39.9 Å². The standard InChI is InChI=1S/C20H23N5O6/c1-3-8-24-15-11-23(12-16(26)21-7-9-31-2)19(27)17(15)18(22-20(24)28)13-5-4-6-14(10-13)25(29)30/h3-6,10,18H,1,7-9,11-12H2,2H3,(H,21,26)(H,22,28). The van der Waals surface area contributed by atoms with E-state index in [2.05, 4.69) is 17.2 Å². The summed E-state index contributed by atoms with van der Waals surface area (Å²) in [6.45, 7) is 4.35. The van der Waals surface area contributed by atoms with E-state index in [1.807, 2.05) is 0 Å². The van der Waals surface area contributed by atoms with E-state index >= 15 is 0 Å². The lowest BCUT2D eigenvalue weighted by molar-refractivity contribution is -0.384. The van der Waals surface area contributed by atoms with E-state index in [0.29, 0.717) is 24.4 Å². The van der Waals surface area contributed by atoms with Gasteiger partial charge in [0.1, 0.15) is 6.54 Å². The zero-order chi connectivity index (χ0) is 22.5. The number of nitrogens with one attached hydrogen (secondary N) is 2. The van der Waals surface area contributed by atoms with Crippen molar-refractivity contribution in [2.24, 2.45) is 0 Å². The minimum atomic E-state index is -0.863. The molecule has 31 heavy (non-hydrogen) atoms. The average molecular weight is 429 g/mol. The van der Waals surface area contributed by atoms with Crippen molar-refractivity contribution in [3.63, 3.8) is 0 Å². The van der Waals surface area contributed by atoms with Gasteiger partial charge >= 0.3 is 6.03 Å². The summed E-state index contributed by atoms with van der Waals surface area (Å²) in [6, 6.07) is 4.45. The van der Waals surface area contributed by atoms with Gasteiger partial charge in [0.2, 0.25) is 5.91 Å². The highest BCUT2D eigenvalue weighted by Crippen LogP contribution is 2.36. The largest absolute Gasteiger partial charge is 0.383 e. The second-order valence-corrected chi connectivity index (χ2v) is 7.00. The molecule has 3 rings (SSSR count). The van der Waals surface area contributed by atoms with Gasteiger partial charge in [-0.3, -0.25) is 24.6 Å². The van der Waals surface area contributed by atoms with Crippen LogP contribution < -0.4 is 10.6 Å². The molecule has 0 radical (unpaired) electrons. The fourth-order valence-corrected chi connectivity index (χ4v) is 3.59. The Labute approximate surface area is 178 Å². The summed E-state index contributed by atoms with van der Waals surface area (Å²) in [4.78, 5) is 51.5. The molecule has 0 fully saturated rings. The second kappa shape index (κ2) is 9.39. The molecule has 1 aromatic rings. The molecule has 11 heteroatoms. The van der Waals surface area contributed by atoms with Crippen molar-refractivity contribution >= 4 is 23.5 Å². The first-order valence-electron chi connectivity index (χ1n) is 9.58. The van der Waals surface area contributed by atoms with Gasteiger partial charge in [-0.15, -0.1) is 6.58 Å². The molecule has 0 bridgehead atoms. The Morgan fingerprint density at radius 2 is 2.23 bits per heavy atom. The van der Waals surface area contributed by atoms with Gasteiger partial charge in [-0.2, -0.15) is 0 Å². The predicted molar refractivity (Wildman–Crippen MR) is 110 cm³/mol. The zero-order valence-electron chi connectivity index (χ0n) is 17.0. The topological polar surface area (TPSA) is 134 Å². The monoisotopic (exact) mass is 429 g/mol. The van der Waals surface area contributed by atoms with Gasteiger partial charge in [0, 0.05) is 32.3 Å². The van der Waals surface area contributed by atoms with Crippen molar-refractivity contribution in [3.05, 3.63) is 63.9 Å². The number of non-ortho nitro benzene ring substituents is 1. The SMILES string of the molecule is C=CCN1C(=O)NC(c2cccc([N+](=O)[O-])c2)C2=C1CN(CC(=O)NCCOC)C2=O. The van der Waals surface area contributed by atoms with Gasteiger partial charge in [0.25, 0.3) is 11.6 Å². The number of ether oxygens (including phenoxy) is 1. The minimum absolute atomic E-state index is 0.0680. The fraction of sp³-hybridized carbons (Fsp3) is 0.350. The smallest absolute Gasteiger partial charge is 0.322 e. The van der Waals surface area contributed by atoms with Gasteiger partial charge in [0.15, 0.2) is 0 Å². The first-order valence-corrected chi connectivity index (χ1v) is 9.58. The molecule has 2 aliphatic heterocycles. The zero-order valence-corrected chi connectivity index (χ0v) is 17.0. The highest BCUT2D eigenvalue weighted by Gasteiger charge is 2.44. The van der Waals surface area contributed by atoms with Gasteiger partial charge in [-0.25, -0.2) is 4.79 Å². The summed E-state index contributed by atoms with van der Waals surface area (Å²) >= 11 is 0. The molecule has 0 aromatic heterocycles. The number of hydrogen-bond acceptors (Lipinski definition) is 6. The first-order chi connectivity index (χ1) is 14.9. The molecule has 1 aromatic carbocycles. The number of carbonyl (C=O) groups excluding carboxylic acids is 3. The Hall–Kier alpha value is -3.73. The number of urea groups is 1. The molecule has 0 aliphatic carbocycles. The average Bonchev–Trinajstić information content (AvgIpc) is 3.06. The molecule has 1 atom stereocenters. The third-order valence-corrected chi connectivity index (χ3v) is 4.99. The Bertz CT molecular complexity index is 959. The van der Waals surface area contributed by atoms with Crippen LogP contribution in [0.5, 0.6) is 0 Å². The maximum Gasteiger partial charge on any atom is 0.322 e. The number of methoxy groups -OCH3 is 1. The molecule has 2 heterocycles. The van der Waals surface area contributed by atoms with E-state index in [1.54, 1.807) is 6.07 Å². The Balaban J connectivity index is 1.91. The van der Waals surface area contributed by atoms with Gasteiger partial charge in [0.05, 0.1) is 35.4 Å². The van der Waals surface area contributed by atoms with Crippen LogP contribution in [0.4, 0.5) is 10.5 Å². The molecule has 0 saturated carbocycles. The molecule has 2 N–H and O–H groups in total. The van der Waals surface area contributed by atoms with E-state index in [1.165, 1.54) is 41.2 Å². The molecular weight excluding hydrogens is 406 g/mol. The highest BCUT2D eigenvalue weighted by atomic mass is 16.6. The van der Waals surface area contributed by atoms with Crippen LogP contribution in [0.3, 0.4) is 0 Å². The van der Waals surface area contributed by atoms with Crippen LogP contribution in [-0.2, 0) is 14.3 Å². The molecule has 4 amide bonds. The summed E-state index contributed by atoms with van der Waals surface area (Å²) < 4.78 is 4.89. The summed E-state index contributed by atoms with van der Waals surface area (Å²) in [5, 5.41) is 16.6. The second-order valence-electron chi connectivity index (χ2n) is 7.00. The Morgan fingerprint density at radius 3 is 2.90 bits per heavy atom. The van der Waals surface area contributed by atoms with Crippen LogP contribution in [0.2, 0.25) is 0 Å². The third kappa shape index (κ3) is 4.56. The van der Waals surface area contributed by atoms with E-state index in [0.717, 1.165) is 0 Å². The normalized spacial score (nSPS) is 18.0. The van der Waals surface area contributed by atoms with Crippen LogP contribution in [0.25, 0.3) is 0 Å². The quantitative estimate of drug-likeness (QED) is 0.257. The lowest BCUT2D eigenvalue weighted by Gasteiger charge is -2.32. The fourth-order valence-electron chi connectivity index (χ4n) is 3.59. The van der Waals surface area contributed by atoms with Crippen molar-refractivity contribution in [1.82, 2.24) is 20.4 Å². The maximum atomic E-state index is 13.2. The van der Waals surface area contributed by atoms with Crippen molar-refractivity contribution < 1.29 is 24.0 Å². The first kappa shape index (κ1) is 22.0. The number of benzene rings is 1. The summed E-state index contributed by atoms with van der Waals surface area (Å²) in [6.07, 6.45) is 1.53. The lowest BCUT2D eigenvalue weighted by atomic mass is 9.95. The van der Waals surface area contributed by atoms with Crippen molar-refractivity contribution in [2.45, 2.75) is 6.04 Å². The van der Waals surface area contributed by atoms with Crippen LogP contribution in [0.15, 0.2) is 48.2 Å². The summed E-state index contributed by atoms with van der Waals surface area (Å²) in [5.41, 5.74) is 0.997. The highest BCUT2D eigenvalue weighted by molar-refractivity contribution is 6.03. The number of nitro groups is 1. The van der Waals surface area contributed by atoms with Crippen LogP contribution >= 0.6 is 0 Å². The molecule has 164 valence electrons. The maximum absolute atomic E-state index is 13.2. The molecular formula is C20H23N5O6. The van der Waals surface area contributed by atoms with Gasteiger partial charge < -0.3 is 20.3 Å². The third-order valence-electron chi connectivity index (χ3n) is 4.99. The van der Waals surface area contributed by atoms with Crippen molar-refractivity contribution in [1.29, 1.82) is 0 Å². The Morgan fingerprint density at radius 1 is 1.45 bits per heavy atom. The molecule has 1 unspecified atom stereocenters. The van der Waals surface area contributed by atoms with Crippen LogP contribution in [0.1, 0.15) is 11.6 Å². The number of hydrogen-bond donors (Lipinski definition) is 2. The van der Waals surface area contributed by atoms with E-state index in [4.69, 9.17) is 4.74 Å². The number of nitro benzene ring substituents is 1. The van der Waals surface area contributed by atoms with Gasteiger partial charge in [-0.05, 0) is 5.56 Å². The van der Waals surface area contributed by atoms with E-state index < -0.39 is 22.9 Å². The predicted octanol–water partition coefficient (Wildman–Crippen LogP) is 0.706. The molecule has 0 saturated heterocycles. The molecule has 2 aliphatic rings. The molecule has 11 nitrogen and oxygen atoms in total. The number of amides is 4. The van der Waals surface area contributed by atoms with E-state index in [9.17, 15) is 24.5 Å².